The maximum atomic E-state index is 11.8. The lowest BCUT2D eigenvalue weighted by Crippen LogP contribution is -1.93. The van der Waals surface area contributed by atoms with Crippen molar-refractivity contribution in [2.75, 3.05) is 13.4 Å². The first kappa shape index (κ1) is 17.7. The molecule has 0 aliphatic carbocycles. The first-order valence-corrected chi connectivity index (χ1v) is 10.1. The van der Waals surface area contributed by atoms with Crippen molar-refractivity contribution >= 4 is 28.2 Å². The van der Waals surface area contributed by atoms with Gasteiger partial charge in [0.05, 0.1) is 39.2 Å². The highest BCUT2D eigenvalue weighted by molar-refractivity contribution is 7.84. The van der Waals surface area contributed by atoms with Gasteiger partial charge >= 0.3 is 0 Å². The Kier molecular flexibility index (Phi) is 4.68. The Morgan fingerprint density at radius 2 is 1.85 bits per heavy atom. The van der Waals surface area contributed by atoms with Gasteiger partial charge in [0.15, 0.2) is 0 Å². The van der Waals surface area contributed by atoms with Crippen molar-refractivity contribution in [3.05, 3.63) is 65.9 Å². The first-order chi connectivity index (χ1) is 13.1. The van der Waals surface area contributed by atoms with Crippen molar-refractivity contribution in [2.24, 2.45) is 0 Å². The largest absolute Gasteiger partial charge is 0.497 e. The Labute approximate surface area is 164 Å². The summed E-state index contributed by atoms with van der Waals surface area (Å²) in [5.41, 5.74) is 3.48. The molecule has 0 aliphatic heterocycles. The second-order valence-corrected chi connectivity index (χ2v) is 7.68. The van der Waals surface area contributed by atoms with Gasteiger partial charge in [-0.15, -0.1) is 0 Å². The van der Waals surface area contributed by atoms with Crippen LogP contribution in [0, 0.1) is 0 Å². The Hall–Kier alpha value is -2.70. The molecule has 2 aromatic carbocycles. The zero-order valence-electron chi connectivity index (χ0n) is 14.7. The van der Waals surface area contributed by atoms with Gasteiger partial charge in [-0.25, -0.2) is 9.97 Å². The predicted octanol–water partition coefficient (Wildman–Crippen LogP) is 4.46. The van der Waals surface area contributed by atoms with Gasteiger partial charge in [-0.1, -0.05) is 17.7 Å². The van der Waals surface area contributed by atoms with E-state index in [0.717, 1.165) is 28.3 Å². The molecule has 4 aromatic rings. The van der Waals surface area contributed by atoms with Gasteiger partial charge in [0.1, 0.15) is 5.75 Å². The fourth-order valence-corrected chi connectivity index (χ4v) is 4.09. The van der Waals surface area contributed by atoms with E-state index in [1.165, 1.54) is 0 Å². The lowest BCUT2D eigenvalue weighted by molar-refractivity contribution is 0.415. The van der Waals surface area contributed by atoms with Gasteiger partial charge < -0.3 is 4.74 Å². The van der Waals surface area contributed by atoms with Gasteiger partial charge in [0, 0.05) is 29.8 Å². The standard InChI is InChI=1S/C20H16ClN3O2S/c1-26-15-7-4-13(5-8-15)18-19(24-11-3-10-22-20(24)23-18)14-6-9-17(27(2)25)16(21)12-14/h3-12H,1-2H3. The minimum atomic E-state index is -1.15. The molecule has 5 nitrogen and oxygen atoms in total. The highest BCUT2D eigenvalue weighted by Gasteiger charge is 2.18. The number of hydrogen-bond donors (Lipinski definition) is 0. The average molecular weight is 398 g/mol. The number of imidazole rings is 1. The number of aromatic nitrogens is 3. The van der Waals surface area contributed by atoms with Crippen LogP contribution >= 0.6 is 11.6 Å². The first-order valence-electron chi connectivity index (χ1n) is 8.19. The summed E-state index contributed by atoms with van der Waals surface area (Å²) in [6, 6.07) is 15.1. The number of methoxy groups -OCH3 is 1. The lowest BCUT2D eigenvalue weighted by Gasteiger charge is -2.08. The van der Waals surface area contributed by atoms with Crippen molar-refractivity contribution in [3.63, 3.8) is 0 Å². The summed E-state index contributed by atoms with van der Waals surface area (Å²) in [7, 11) is 0.487. The highest BCUT2D eigenvalue weighted by atomic mass is 35.5. The van der Waals surface area contributed by atoms with Crippen LogP contribution < -0.4 is 4.74 Å². The third-order valence-corrected chi connectivity index (χ3v) is 5.68. The van der Waals surface area contributed by atoms with E-state index in [9.17, 15) is 4.21 Å². The molecule has 1 unspecified atom stereocenters. The molecule has 0 spiro atoms. The summed E-state index contributed by atoms with van der Waals surface area (Å²) in [5.74, 6) is 1.37. The molecule has 0 N–H and O–H groups in total. The molecule has 1 atom stereocenters. The van der Waals surface area contributed by atoms with Crippen LogP contribution in [-0.2, 0) is 10.8 Å². The molecule has 2 heterocycles. The molecule has 4 rings (SSSR count). The Morgan fingerprint density at radius 1 is 1.11 bits per heavy atom. The van der Waals surface area contributed by atoms with Crippen molar-refractivity contribution in [2.45, 2.75) is 4.90 Å². The third kappa shape index (κ3) is 3.22. The van der Waals surface area contributed by atoms with Crippen LogP contribution in [-0.4, -0.2) is 31.9 Å². The number of ether oxygens (including phenoxy) is 1. The van der Waals surface area contributed by atoms with Gasteiger partial charge in [-0.05, 0) is 42.5 Å². The molecule has 2 aromatic heterocycles. The summed E-state index contributed by atoms with van der Waals surface area (Å²) >= 11 is 6.38. The van der Waals surface area contributed by atoms with Gasteiger partial charge in [0.2, 0.25) is 5.78 Å². The van der Waals surface area contributed by atoms with Crippen LogP contribution in [0.1, 0.15) is 0 Å². The van der Waals surface area contributed by atoms with Gasteiger partial charge in [-0.2, -0.15) is 0 Å². The van der Waals surface area contributed by atoms with Crippen molar-refractivity contribution < 1.29 is 8.95 Å². The topological polar surface area (TPSA) is 56.5 Å². The average Bonchev–Trinajstić information content (AvgIpc) is 3.07. The van der Waals surface area contributed by atoms with E-state index >= 15 is 0 Å². The second kappa shape index (κ2) is 7.13. The molecule has 0 amide bonds. The number of nitrogens with zero attached hydrogens (tertiary/aromatic N) is 3. The molecule has 136 valence electrons. The Balaban J connectivity index is 1.95. The number of fused-ring (bicyclic) bond motifs is 1. The summed E-state index contributed by atoms with van der Waals surface area (Å²) in [4.78, 5) is 9.68. The van der Waals surface area contributed by atoms with Gasteiger partial charge in [0.25, 0.3) is 0 Å². The molecule has 0 aliphatic rings. The van der Waals surface area contributed by atoms with Crippen LogP contribution in [0.3, 0.4) is 0 Å². The zero-order chi connectivity index (χ0) is 19.0. The van der Waals surface area contributed by atoms with E-state index in [1.54, 1.807) is 25.6 Å². The predicted molar refractivity (Wildman–Crippen MR) is 108 cm³/mol. The van der Waals surface area contributed by atoms with E-state index in [0.29, 0.717) is 15.7 Å². The van der Waals surface area contributed by atoms with Crippen molar-refractivity contribution in [1.82, 2.24) is 14.4 Å². The molecule has 0 fully saturated rings. The molecule has 27 heavy (non-hydrogen) atoms. The summed E-state index contributed by atoms with van der Waals surface area (Å²) in [6.45, 7) is 0. The minimum absolute atomic E-state index is 0.466. The van der Waals surface area contributed by atoms with E-state index in [2.05, 4.69) is 4.98 Å². The summed E-state index contributed by atoms with van der Waals surface area (Å²) in [5, 5.41) is 0.466. The minimum Gasteiger partial charge on any atom is -0.497 e. The quantitative estimate of drug-likeness (QED) is 0.510. The molecule has 0 radical (unpaired) electrons. The fraction of sp³-hybridized carbons (Fsp3) is 0.100. The van der Waals surface area contributed by atoms with Crippen LogP contribution in [0.15, 0.2) is 65.8 Å². The SMILES string of the molecule is COc1ccc(-c2nc3ncccn3c2-c2ccc(S(C)=O)c(Cl)c2)cc1. The number of benzene rings is 2. The number of halogens is 1. The fourth-order valence-electron chi connectivity index (χ4n) is 2.99. The number of rotatable bonds is 4. The van der Waals surface area contributed by atoms with E-state index in [1.807, 2.05) is 53.1 Å². The molecule has 7 heteroatoms. The lowest BCUT2D eigenvalue weighted by atomic mass is 10.0. The highest BCUT2D eigenvalue weighted by Crippen LogP contribution is 2.35. The normalized spacial score (nSPS) is 12.3. The smallest absolute Gasteiger partial charge is 0.234 e. The van der Waals surface area contributed by atoms with E-state index < -0.39 is 10.8 Å². The van der Waals surface area contributed by atoms with Crippen molar-refractivity contribution in [1.29, 1.82) is 0 Å². The molecule has 0 bridgehead atoms. The van der Waals surface area contributed by atoms with Crippen LogP contribution in [0.4, 0.5) is 0 Å². The molecular formula is C20H16ClN3O2S. The second-order valence-electron chi connectivity index (χ2n) is 5.93. The maximum Gasteiger partial charge on any atom is 0.234 e. The van der Waals surface area contributed by atoms with Crippen LogP contribution in [0.2, 0.25) is 5.02 Å². The molecule has 0 saturated heterocycles. The van der Waals surface area contributed by atoms with Crippen LogP contribution in [0.5, 0.6) is 5.75 Å². The Bertz CT molecular complexity index is 1160. The molecule has 0 saturated carbocycles. The van der Waals surface area contributed by atoms with Crippen LogP contribution in [0.25, 0.3) is 28.3 Å². The Morgan fingerprint density at radius 3 is 2.52 bits per heavy atom. The molecular weight excluding hydrogens is 382 g/mol. The summed E-state index contributed by atoms with van der Waals surface area (Å²) in [6.07, 6.45) is 5.24. The van der Waals surface area contributed by atoms with Gasteiger partial charge in [-0.3, -0.25) is 8.61 Å². The van der Waals surface area contributed by atoms with E-state index in [4.69, 9.17) is 21.3 Å². The maximum absolute atomic E-state index is 11.8. The zero-order valence-corrected chi connectivity index (χ0v) is 16.3. The van der Waals surface area contributed by atoms with E-state index in [-0.39, 0.29) is 0 Å². The monoisotopic (exact) mass is 397 g/mol. The van der Waals surface area contributed by atoms with Crippen molar-refractivity contribution in [3.8, 4) is 28.3 Å². The summed E-state index contributed by atoms with van der Waals surface area (Å²) < 4.78 is 19.0. The third-order valence-electron chi connectivity index (χ3n) is 4.28. The number of hydrogen-bond acceptors (Lipinski definition) is 4.